The van der Waals surface area contributed by atoms with E-state index in [9.17, 15) is 27.6 Å². The fourth-order valence-corrected chi connectivity index (χ4v) is 2.44. The summed E-state index contributed by atoms with van der Waals surface area (Å²) in [6.07, 6.45) is -5.96. The van der Waals surface area contributed by atoms with E-state index in [4.69, 9.17) is 16.3 Å². The van der Waals surface area contributed by atoms with Crippen LogP contribution >= 0.6 is 11.6 Å². The van der Waals surface area contributed by atoms with Crippen molar-refractivity contribution in [3.8, 4) is 0 Å². The average Bonchev–Trinajstić information content (AvgIpc) is 2.57. The van der Waals surface area contributed by atoms with E-state index in [2.05, 4.69) is 15.4 Å². The summed E-state index contributed by atoms with van der Waals surface area (Å²) < 4.78 is 48.6. The largest absolute Gasteiger partial charge is 0.469 e. The van der Waals surface area contributed by atoms with Crippen molar-refractivity contribution in [2.45, 2.75) is 45.0 Å². The summed E-state index contributed by atoms with van der Waals surface area (Å²) >= 11 is 5.99. The number of alkyl halides is 3. The fourth-order valence-electron chi connectivity index (χ4n) is 2.19. The van der Waals surface area contributed by atoms with Crippen LogP contribution in [0.4, 0.5) is 18.0 Å². The van der Waals surface area contributed by atoms with Gasteiger partial charge in [-0.15, -0.1) is 0 Å². The van der Waals surface area contributed by atoms with Gasteiger partial charge in [0.25, 0.3) is 0 Å². The molecule has 0 aliphatic heterocycles. The van der Waals surface area contributed by atoms with Crippen LogP contribution in [-0.2, 0) is 25.2 Å². The number of hydrogen-bond acceptors (Lipinski definition) is 5. The van der Waals surface area contributed by atoms with Gasteiger partial charge in [0.1, 0.15) is 12.1 Å². The molecular weight excluding hydrogens is 417 g/mol. The summed E-state index contributed by atoms with van der Waals surface area (Å²) in [5.74, 6) is -1.54. The van der Waals surface area contributed by atoms with Crippen LogP contribution in [0.25, 0.3) is 0 Å². The monoisotopic (exact) mass is 438 g/mol. The molecule has 11 heteroatoms. The molecule has 29 heavy (non-hydrogen) atoms. The van der Waals surface area contributed by atoms with Crippen LogP contribution in [0.1, 0.15) is 44.4 Å². The molecule has 7 nitrogen and oxygen atoms in total. The van der Waals surface area contributed by atoms with Crippen LogP contribution in [-0.4, -0.2) is 37.2 Å². The summed E-state index contributed by atoms with van der Waals surface area (Å²) in [6.45, 7) is 4.38. The van der Waals surface area contributed by atoms with E-state index < -0.39 is 54.3 Å². The molecule has 1 atom stereocenters. The third-order valence-corrected chi connectivity index (χ3v) is 3.77. The van der Waals surface area contributed by atoms with Crippen molar-refractivity contribution < 1.29 is 37.0 Å². The minimum atomic E-state index is -4.64. The van der Waals surface area contributed by atoms with Crippen LogP contribution in [0.5, 0.6) is 0 Å². The predicted octanol–water partition coefficient (Wildman–Crippen LogP) is 3.60. The van der Waals surface area contributed by atoms with Crippen molar-refractivity contribution in [1.82, 2.24) is 10.6 Å². The van der Waals surface area contributed by atoms with Crippen molar-refractivity contribution in [1.29, 1.82) is 0 Å². The highest BCUT2D eigenvalue weighted by Gasteiger charge is 2.32. The third-order valence-electron chi connectivity index (χ3n) is 3.42. The minimum absolute atomic E-state index is 0.0766. The Kier molecular flexibility index (Phi) is 8.31. The minimum Gasteiger partial charge on any atom is -0.469 e. The number of amides is 2. The lowest BCUT2D eigenvalue weighted by atomic mass is 10.0. The van der Waals surface area contributed by atoms with Crippen LogP contribution in [0, 0.1) is 0 Å². The maximum Gasteiger partial charge on any atom is 0.416 e. The molecule has 162 valence electrons. The summed E-state index contributed by atoms with van der Waals surface area (Å²) in [5.41, 5.74) is -1.88. The lowest BCUT2D eigenvalue weighted by Crippen LogP contribution is -2.41. The Labute approximate surface area is 170 Å². The van der Waals surface area contributed by atoms with Crippen LogP contribution < -0.4 is 10.6 Å². The number of methoxy groups -OCH3 is 1. The summed E-state index contributed by atoms with van der Waals surface area (Å²) in [7, 11) is 1.10. The normalized spacial score (nSPS) is 12.7. The van der Waals surface area contributed by atoms with E-state index >= 15 is 0 Å². The number of rotatable bonds is 6. The van der Waals surface area contributed by atoms with Crippen molar-refractivity contribution in [3.05, 3.63) is 34.3 Å². The molecule has 0 saturated carbocycles. The zero-order valence-electron chi connectivity index (χ0n) is 16.3. The number of carbonyl (C=O) groups is 3. The molecule has 0 bridgehead atoms. The van der Waals surface area contributed by atoms with E-state index in [0.717, 1.165) is 25.3 Å². The zero-order valence-corrected chi connectivity index (χ0v) is 17.0. The summed E-state index contributed by atoms with van der Waals surface area (Å²) in [6, 6.07) is 1.35. The smallest absolute Gasteiger partial charge is 0.416 e. The van der Waals surface area contributed by atoms with E-state index in [-0.39, 0.29) is 10.6 Å². The van der Waals surface area contributed by atoms with E-state index in [1.165, 1.54) is 0 Å². The van der Waals surface area contributed by atoms with E-state index in [1.807, 2.05) is 0 Å². The van der Waals surface area contributed by atoms with Gasteiger partial charge in [-0.2, -0.15) is 13.2 Å². The van der Waals surface area contributed by atoms with Gasteiger partial charge < -0.3 is 20.1 Å². The standard InChI is InChI=1S/C18H22ClF3N2O5/c1-17(2,3)29-16(27)23-9-14(25)24-13(8-15(26)28-4)11-7-10(18(20,21)22)5-6-12(11)19/h5-7,13H,8-9H2,1-4H3,(H,23,27)(H,24,25)/t13-/m0/s1. The predicted molar refractivity (Wildman–Crippen MR) is 98.2 cm³/mol. The molecule has 1 aromatic rings. The first-order valence-electron chi connectivity index (χ1n) is 8.42. The highest BCUT2D eigenvalue weighted by atomic mass is 35.5. The Balaban J connectivity index is 2.98. The number of ether oxygens (including phenoxy) is 2. The topological polar surface area (TPSA) is 93.7 Å². The van der Waals surface area contributed by atoms with Gasteiger partial charge >= 0.3 is 18.2 Å². The van der Waals surface area contributed by atoms with Crippen molar-refractivity contribution in [2.75, 3.05) is 13.7 Å². The quantitative estimate of drug-likeness (QED) is 0.662. The van der Waals surface area contributed by atoms with E-state index in [1.54, 1.807) is 20.8 Å². The molecule has 0 radical (unpaired) electrons. The molecule has 0 spiro atoms. The van der Waals surface area contributed by atoms with Gasteiger partial charge in [0, 0.05) is 5.02 Å². The number of esters is 1. The number of halogens is 4. The molecule has 0 heterocycles. The van der Waals surface area contributed by atoms with Gasteiger partial charge in [0.2, 0.25) is 5.91 Å². The summed E-state index contributed by atoms with van der Waals surface area (Å²) in [4.78, 5) is 35.4. The molecule has 0 unspecified atom stereocenters. The molecule has 0 aliphatic carbocycles. The number of nitrogens with one attached hydrogen (secondary N) is 2. The molecule has 1 aromatic carbocycles. The molecule has 0 saturated heterocycles. The van der Waals surface area contributed by atoms with Crippen molar-refractivity contribution in [2.24, 2.45) is 0 Å². The Hall–Kier alpha value is -2.49. The second-order valence-electron chi connectivity index (χ2n) is 6.99. The van der Waals surface area contributed by atoms with Crippen LogP contribution in [0.2, 0.25) is 5.02 Å². The zero-order chi connectivity index (χ0) is 22.4. The Morgan fingerprint density at radius 3 is 2.31 bits per heavy atom. The second-order valence-corrected chi connectivity index (χ2v) is 7.40. The van der Waals surface area contributed by atoms with Gasteiger partial charge in [-0.25, -0.2) is 4.79 Å². The lowest BCUT2D eigenvalue weighted by molar-refractivity contribution is -0.141. The van der Waals surface area contributed by atoms with Crippen molar-refractivity contribution in [3.63, 3.8) is 0 Å². The molecule has 0 aliphatic rings. The average molecular weight is 439 g/mol. The van der Waals surface area contributed by atoms with Crippen molar-refractivity contribution >= 4 is 29.6 Å². The SMILES string of the molecule is COC(=O)C[C@H](NC(=O)CNC(=O)OC(C)(C)C)c1cc(C(F)(F)F)ccc1Cl. The van der Waals surface area contributed by atoms with Crippen LogP contribution in [0.3, 0.4) is 0 Å². The van der Waals surface area contributed by atoms with Gasteiger partial charge in [-0.05, 0) is 44.5 Å². The molecule has 0 aromatic heterocycles. The van der Waals surface area contributed by atoms with Gasteiger partial charge in [-0.3, -0.25) is 9.59 Å². The molecule has 2 amide bonds. The second kappa shape index (κ2) is 9.82. The Morgan fingerprint density at radius 2 is 1.79 bits per heavy atom. The number of carbonyl (C=O) groups excluding carboxylic acids is 3. The number of hydrogen-bond donors (Lipinski definition) is 2. The molecular formula is C18H22ClF3N2O5. The molecule has 1 rings (SSSR count). The first kappa shape index (κ1) is 24.5. The molecule has 2 N–H and O–H groups in total. The third kappa shape index (κ3) is 8.59. The Bertz CT molecular complexity index is 763. The first-order chi connectivity index (χ1) is 13.2. The first-order valence-corrected chi connectivity index (χ1v) is 8.80. The van der Waals surface area contributed by atoms with Gasteiger partial charge in [-0.1, -0.05) is 11.6 Å². The lowest BCUT2D eigenvalue weighted by Gasteiger charge is -2.22. The Morgan fingerprint density at radius 1 is 1.17 bits per heavy atom. The maximum atomic E-state index is 13.0. The number of alkyl carbamates (subject to hydrolysis) is 1. The maximum absolute atomic E-state index is 13.0. The van der Waals surface area contributed by atoms with Gasteiger partial charge in [0.15, 0.2) is 0 Å². The highest BCUT2D eigenvalue weighted by Crippen LogP contribution is 2.34. The summed E-state index contributed by atoms with van der Waals surface area (Å²) in [5, 5.41) is 4.51. The highest BCUT2D eigenvalue weighted by molar-refractivity contribution is 6.31. The van der Waals surface area contributed by atoms with Gasteiger partial charge in [0.05, 0.1) is 25.1 Å². The van der Waals surface area contributed by atoms with Crippen LogP contribution in [0.15, 0.2) is 18.2 Å². The number of benzene rings is 1. The fraction of sp³-hybridized carbons (Fsp3) is 0.500. The molecule has 0 fully saturated rings. The van der Waals surface area contributed by atoms with E-state index in [0.29, 0.717) is 0 Å².